The number of hydrogen-bond donors (Lipinski definition) is 1. The van der Waals surface area contributed by atoms with Gasteiger partial charge in [0.15, 0.2) is 0 Å². The largest absolute Gasteiger partial charge is 0.393 e. The fourth-order valence-electron chi connectivity index (χ4n) is 2.72. The molecule has 0 aliphatic heterocycles. The van der Waals surface area contributed by atoms with Gasteiger partial charge in [0, 0.05) is 0 Å². The Kier molecular flexibility index (Phi) is 2.22. The van der Waals surface area contributed by atoms with E-state index in [4.69, 9.17) is 0 Å². The second kappa shape index (κ2) is 3.21. The van der Waals surface area contributed by atoms with Crippen LogP contribution in [0.2, 0.25) is 0 Å². The minimum absolute atomic E-state index is 0.0530. The molecule has 12 heavy (non-hydrogen) atoms. The summed E-state index contributed by atoms with van der Waals surface area (Å²) in [7, 11) is 0. The average Bonchev–Trinajstić information content (AvgIpc) is 2.18. The molecule has 1 N–H and O–H groups in total. The van der Waals surface area contributed by atoms with E-state index >= 15 is 0 Å². The topological polar surface area (TPSA) is 20.2 Å². The quantitative estimate of drug-likeness (QED) is 0.624. The molecule has 1 saturated carbocycles. The van der Waals surface area contributed by atoms with Crippen molar-refractivity contribution in [1.82, 2.24) is 0 Å². The Morgan fingerprint density at radius 3 is 2.67 bits per heavy atom. The first-order valence-electron chi connectivity index (χ1n) is 5.17. The smallest absolute Gasteiger partial charge is 0.0571 e. The molecule has 0 aromatic heterocycles. The van der Waals surface area contributed by atoms with Crippen molar-refractivity contribution < 1.29 is 5.11 Å². The highest BCUT2D eigenvalue weighted by Gasteiger charge is 2.35. The van der Waals surface area contributed by atoms with Crippen LogP contribution < -0.4 is 0 Å². The summed E-state index contributed by atoms with van der Waals surface area (Å²) in [5.41, 5.74) is 0. The fraction of sp³-hybridized carbons (Fsp3) is 0.818. The Hall–Kier alpha value is -0.300. The lowest BCUT2D eigenvalue weighted by molar-refractivity contribution is 0.0429. The Morgan fingerprint density at radius 2 is 2.25 bits per heavy atom. The fourth-order valence-corrected chi connectivity index (χ4v) is 2.72. The summed E-state index contributed by atoms with van der Waals surface area (Å²) in [5.74, 6) is 2.03. The first kappa shape index (κ1) is 8.31. The Morgan fingerprint density at radius 1 is 1.42 bits per heavy atom. The number of aliphatic hydroxyl groups excluding tert-OH is 1. The van der Waals surface area contributed by atoms with Crippen LogP contribution in [0.15, 0.2) is 12.2 Å². The summed E-state index contributed by atoms with van der Waals surface area (Å²) in [6.07, 6.45) is 9.45. The van der Waals surface area contributed by atoms with E-state index in [0.29, 0.717) is 11.8 Å². The van der Waals surface area contributed by atoms with Gasteiger partial charge in [-0.2, -0.15) is 0 Å². The van der Waals surface area contributed by atoms with Gasteiger partial charge in [-0.1, -0.05) is 19.1 Å². The number of rotatable bonds is 2. The molecule has 3 rings (SSSR count). The normalized spacial score (nSPS) is 41.7. The summed E-state index contributed by atoms with van der Waals surface area (Å²) in [6.45, 7) is 2.08. The summed E-state index contributed by atoms with van der Waals surface area (Å²) in [5, 5.41) is 9.77. The van der Waals surface area contributed by atoms with Crippen molar-refractivity contribution in [2.24, 2.45) is 17.8 Å². The molecule has 0 aromatic rings. The van der Waals surface area contributed by atoms with Crippen molar-refractivity contribution in [2.75, 3.05) is 0 Å². The lowest BCUT2D eigenvalue weighted by atomic mass is 9.67. The highest BCUT2D eigenvalue weighted by atomic mass is 16.3. The van der Waals surface area contributed by atoms with E-state index in [1.54, 1.807) is 0 Å². The monoisotopic (exact) mass is 166 g/mol. The minimum atomic E-state index is -0.0530. The van der Waals surface area contributed by atoms with Gasteiger partial charge in [-0.05, 0) is 43.4 Å². The van der Waals surface area contributed by atoms with E-state index in [9.17, 15) is 5.11 Å². The number of hydrogen-bond acceptors (Lipinski definition) is 1. The molecule has 0 spiro atoms. The maximum absolute atomic E-state index is 9.77. The van der Waals surface area contributed by atoms with Crippen molar-refractivity contribution in [2.45, 2.75) is 38.7 Å². The lowest BCUT2D eigenvalue weighted by Crippen LogP contribution is -2.35. The third kappa shape index (κ3) is 1.31. The van der Waals surface area contributed by atoms with Crippen LogP contribution in [0.4, 0.5) is 0 Å². The van der Waals surface area contributed by atoms with E-state index in [-0.39, 0.29) is 6.10 Å². The van der Waals surface area contributed by atoms with Crippen molar-refractivity contribution in [3.8, 4) is 0 Å². The van der Waals surface area contributed by atoms with Crippen LogP contribution in [-0.4, -0.2) is 11.2 Å². The summed E-state index contributed by atoms with van der Waals surface area (Å²) in [4.78, 5) is 0. The number of fused-ring (bicyclic) bond motifs is 2. The maximum Gasteiger partial charge on any atom is 0.0571 e. The molecule has 68 valence electrons. The van der Waals surface area contributed by atoms with Crippen molar-refractivity contribution in [3.63, 3.8) is 0 Å². The van der Waals surface area contributed by atoms with Gasteiger partial charge in [0.2, 0.25) is 0 Å². The van der Waals surface area contributed by atoms with Crippen LogP contribution in [0.3, 0.4) is 0 Å². The molecule has 2 bridgehead atoms. The summed E-state index contributed by atoms with van der Waals surface area (Å²) >= 11 is 0. The molecular weight excluding hydrogens is 148 g/mol. The molecule has 1 nitrogen and oxygen atoms in total. The first-order valence-corrected chi connectivity index (χ1v) is 5.17. The third-order valence-electron chi connectivity index (χ3n) is 3.54. The van der Waals surface area contributed by atoms with Gasteiger partial charge in [0.05, 0.1) is 6.10 Å². The van der Waals surface area contributed by atoms with Crippen LogP contribution in [-0.2, 0) is 0 Å². The molecule has 0 amide bonds. The van der Waals surface area contributed by atoms with Gasteiger partial charge in [0.1, 0.15) is 0 Å². The highest BCUT2D eigenvalue weighted by molar-refractivity contribution is 5.07. The summed E-state index contributed by atoms with van der Waals surface area (Å²) in [6, 6.07) is 0. The van der Waals surface area contributed by atoms with E-state index < -0.39 is 0 Å². The van der Waals surface area contributed by atoms with Gasteiger partial charge >= 0.3 is 0 Å². The predicted molar refractivity (Wildman–Crippen MR) is 49.8 cm³/mol. The highest BCUT2D eigenvalue weighted by Crippen LogP contribution is 2.42. The van der Waals surface area contributed by atoms with E-state index in [2.05, 4.69) is 19.1 Å². The zero-order valence-corrected chi connectivity index (χ0v) is 7.74. The average molecular weight is 166 g/mol. The zero-order chi connectivity index (χ0) is 8.55. The van der Waals surface area contributed by atoms with Crippen LogP contribution in [0, 0.1) is 17.8 Å². The van der Waals surface area contributed by atoms with E-state index in [0.717, 1.165) is 12.3 Å². The van der Waals surface area contributed by atoms with E-state index in [1.165, 1.54) is 19.3 Å². The molecule has 0 heterocycles. The predicted octanol–water partition coefficient (Wildman–Crippen LogP) is 2.36. The summed E-state index contributed by atoms with van der Waals surface area (Å²) < 4.78 is 0. The minimum Gasteiger partial charge on any atom is -0.393 e. The lowest BCUT2D eigenvalue weighted by Gasteiger charge is -2.40. The van der Waals surface area contributed by atoms with Crippen LogP contribution in [0.25, 0.3) is 0 Å². The van der Waals surface area contributed by atoms with Gasteiger partial charge in [-0.25, -0.2) is 0 Å². The molecular formula is C11H18O. The molecule has 1 fully saturated rings. The van der Waals surface area contributed by atoms with Gasteiger partial charge in [-0.15, -0.1) is 0 Å². The first-order chi connectivity index (χ1) is 5.81. The Balaban J connectivity index is 2.06. The van der Waals surface area contributed by atoms with Crippen LogP contribution in [0.1, 0.15) is 32.6 Å². The molecule has 0 aromatic carbocycles. The Labute approximate surface area is 74.5 Å². The van der Waals surface area contributed by atoms with Crippen molar-refractivity contribution in [3.05, 3.63) is 12.2 Å². The molecule has 3 aliphatic rings. The maximum atomic E-state index is 9.77. The SMILES string of the molecule is CCC(O)C1CC2C=CC1CC2. The third-order valence-corrected chi connectivity index (χ3v) is 3.54. The van der Waals surface area contributed by atoms with E-state index in [1.807, 2.05) is 0 Å². The number of aliphatic hydroxyl groups is 1. The Bertz CT molecular complexity index is 185. The van der Waals surface area contributed by atoms with Gasteiger partial charge < -0.3 is 5.11 Å². The molecule has 4 atom stereocenters. The van der Waals surface area contributed by atoms with Gasteiger partial charge in [-0.3, -0.25) is 0 Å². The second-order valence-electron chi connectivity index (χ2n) is 4.26. The molecule has 0 saturated heterocycles. The van der Waals surface area contributed by atoms with Crippen LogP contribution in [0.5, 0.6) is 0 Å². The molecule has 0 radical (unpaired) electrons. The van der Waals surface area contributed by atoms with Gasteiger partial charge in [0.25, 0.3) is 0 Å². The van der Waals surface area contributed by atoms with Crippen LogP contribution >= 0.6 is 0 Å². The molecule has 1 heteroatoms. The van der Waals surface area contributed by atoms with Crippen molar-refractivity contribution in [1.29, 1.82) is 0 Å². The molecule has 3 aliphatic carbocycles. The number of allylic oxidation sites excluding steroid dienone is 2. The second-order valence-corrected chi connectivity index (χ2v) is 4.26. The van der Waals surface area contributed by atoms with Crippen molar-refractivity contribution >= 4 is 0 Å². The zero-order valence-electron chi connectivity index (χ0n) is 7.74. The standard InChI is InChI=1S/C11H18O/c1-2-11(12)10-7-8-3-5-9(10)6-4-8/h3,5,8-12H,2,4,6-7H2,1H3. The molecule has 4 unspecified atom stereocenters.